The highest BCUT2D eigenvalue weighted by Gasteiger charge is 2.12. The first kappa shape index (κ1) is 12.1. The lowest BCUT2D eigenvalue weighted by molar-refractivity contribution is -0.108. The second-order valence-electron chi connectivity index (χ2n) is 3.50. The summed E-state index contributed by atoms with van der Waals surface area (Å²) in [4.78, 5) is 14.7. The van der Waals surface area contributed by atoms with Gasteiger partial charge in [0.15, 0.2) is 0 Å². The zero-order chi connectivity index (χ0) is 10.4. The molecule has 0 aromatic rings. The van der Waals surface area contributed by atoms with Crippen LogP contribution in [0.3, 0.4) is 0 Å². The van der Waals surface area contributed by atoms with Crippen LogP contribution in [0.5, 0.6) is 0 Å². The van der Waals surface area contributed by atoms with Crippen LogP contribution >= 0.6 is 0 Å². The van der Waals surface area contributed by atoms with Gasteiger partial charge in [-0.15, -0.1) is 0 Å². The largest absolute Gasteiger partial charge is 0.303 e. The Labute approximate surface area is 79.8 Å². The van der Waals surface area contributed by atoms with Gasteiger partial charge < -0.3 is 9.80 Å². The predicted octanol–water partition coefficient (Wildman–Crippen LogP) is 0.824. The van der Waals surface area contributed by atoms with Crippen molar-refractivity contribution >= 4 is 12.1 Å². The minimum atomic E-state index is 0.0925. The molecule has 0 rings (SSSR count). The lowest BCUT2D eigenvalue weighted by Gasteiger charge is -2.20. The van der Waals surface area contributed by atoms with Gasteiger partial charge in [-0.3, -0.25) is 4.99 Å². The van der Waals surface area contributed by atoms with Gasteiger partial charge in [0.25, 0.3) is 0 Å². The van der Waals surface area contributed by atoms with Crippen LogP contribution in [0.4, 0.5) is 0 Å². The molecule has 0 amide bonds. The average molecular weight is 185 g/mol. The Kier molecular flexibility index (Phi) is 5.30. The molecule has 4 nitrogen and oxygen atoms in total. The summed E-state index contributed by atoms with van der Waals surface area (Å²) < 4.78 is 0. The van der Waals surface area contributed by atoms with Gasteiger partial charge in [-0.05, 0) is 13.8 Å². The fraction of sp³-hybridized carbons (Fsp3) is 0.778. The van der Waals surface area contributed by atoms with Crippen molar-refractivity contribution < 1.29 is 4.79 Å². The first-order valence-corrected chi connectivity index (χ1v) is 4.48. The Morgan fingerprint density at radius 3 is 2.38 bits per heavy atom. The molecule has 0 aliphatic carbocycles. The maximum Gasteiger partial charge on any atom is 0.120 e. The van der Waals surface area contributed by atoms with Gasteiger partial charge in [0.2, 0.25) is 0 Å². The summed E-state index contributed by atoms with van der Waals surface area (Å²) in [5.41, 5.74) is 0. The monoisotopic (exact) mass is 185 g/mol. The summed E-state index contributed by atoms with van der Waals surface area (Å²) in [6.45, 7) is 5.91. The van der Waals surface area contributed by atoms with E-state index in [0.29, 0.717) is 6.42 Å². The number of hydrazine groups is 1. The summed E-state index contributed by atoms with van der Waals surface area (Å²) in [5, 5.41) is 1.48. The molecule has 0 bridgehead atoms. The van der Waals surface area contributed by atoms with E-state index in [2.05, 4.69) is 4.99 Å². The van der Waals surface area contributed by atoms with Crippen LogP contribution in [0.1, 0.15) is 27.2 Å². The molecule has 2 N–H and O–H groups in total. The summed E-state index contributed by atoms with van der Waals surface area (Å²) in [6.07, 6.45) is 1.36. The zero-order valence-corrected chi connectivity index (χ0v) is 8.82. The summed E-state index contributed by atoms with van der Waals surface area (Å²) in [6, 6.07) is 0.204. The van der Waals surface area contributed by atoms with Gasteiger partial charge in [0.1, 0.15) is 12.1 Å². The first-order chi connectivity index (χ1) is 5.99. The van der Waals surface area contributed by atoms with Crippen LogP contribution < -0.4 is 5.84 Å². The van der Waals surface area contributed by atoms with E-state index in [9.17, 15) is 4.79 Å². The fourth-order valence-electron chi connectivity index (χ4n) is 1.08. The number of nitrogens with two attached hydrogens (primary N) is 1. The molecule has 0 aromatic heterocycles. The van der Waals surface area contributed by atoms with E-state index in [1.807, 2.05) is 20.8 Å². The van der Waals surface area contributed by atoms with Crippen LogP contribution in [0.2, 0.25) is 0 Å². The van der Waals surface area contributed by atoms with Crippen molar-refractivity contribution in [2.24, 2.45) is 16.8 Å². The van der Waals surface area contributed by atoms with Gasteiger partial charge in [-0.25, -0.2) is 5.84 Å². The molecule has 0 saturated carbocycles. The van der Waals surface area contributed by atoms with Crippen molar-refractivity contribution in [3.8, 4) is 0 Å². The number of hydrogen-bond donors (Lipinski definition) is 1. The van der Waals surface area contributed by atoms with E-state index in [1.54, 1.807) is 7.05 Å². The molecular formula is C9H19N3O. The Morgan fingerprint density at radius 1 is 1.54 bits per heavy atom. The number of nitrogens with zero attached hydrogens (tertiary/aromatic N) is 2. The third kappa shape index (κ3) is 4.62. The molecule has 0 aliphatic rings. The highest BCUT2D eigenvalue weighted by atomic mass is 16.1. The standard InChI is InChI=1S/C9H19N3O/c1-7(2)11-9(12(4)10)8(3)5-6-13/h6-8H,5,10H2,1-4H3. The average Bonchev–Trinajstić information content (AvgIpc) is 1.99. The predicted molar refractivity (Wildman–Crippen MR) is 54.4 cm³/mol. The van der Waals surface area contributed by atoms with Crippen molar-refractivity contribution in [1.82, 2.24) is 5.01 Å². The zero-order valence-electron chi connectivity index (χ0n) is 8.82. The number of amidine groups is 1. The Hall–Kier alpha value is -0.900. The van der Waals surface area contributed by atoms with Gasteiger partial charge in [0, 0.05) is 25.4 Å². The molecule has 0 spiro atoms. The van der Waals surface area contributed by atoms with Crippen molar-refractivity contribution in [3.05, 3.63) is 0 Å². The molecular weight excluding hydrogens is 166 g/mol. The number of hydrogen-bond acceptors (Lipinski definition) is 3. The first-order valence-electron chi connectivity index (χ1n) is 4.48. The van der Waals surface area contributed by atoms with Crippen LogP contribution in [0.25, 0.3) is 0 Å². The van der Waals surface area contributed by atoms with Crippen molar-refractivity contribution in [2.45, 2.75) is 33.2 Å². The molecule has 0 radical (unpaired) electrons. The summed E-state index contributed by atoms with van der Waals surface area (Å²) >= 11 is 0. The quantitative estimate of drug-likeness (QED) is 0.232. The molecule has 1 unspecified atom stereocenters. The van der Waals surface area contributed by atoms with E-state index in [-0.39, 0.29) is 12.0 Å². The lowest BCUT2D eigenvalue weighted by atomic mass is 10.1. The number of aliphatic imine (C=N–C) groups is 1. The van der Waals surface area contributed by atoms with Crippen molar-refractivity contribution in [1.29, 1.82) is 0 Å². The molecule has 0 aromatic carbocycles. The van der Waals surface area contributed by atoms with Crippen LogP contribution in [-0.2, 0) is 4.79 Å². The minimum Gasteiger partial charge on any atom is -0.303 e. The van der Waals surface area contributed by atoms with E-state index in [1.165, 1.54) is 5.01 Å². The topological polar surface area (TPSA) is 58.7 Å². The summed E-state index contributed by atoms with van der Waals surface area (Å²) in [5.74, 6) is 6.47. The minimum absolute atomic E-state index is 0.0925. The Morgan fingerprint density at radius 2 is 2.08 bits per heavy atom. The van der Waals surface area contributed by atoms with Crippen molar-refractivity contribution in [3.63, 3.8) is 0 Å². The molecule has 0 aliphatic heterocycles. The SMILES string of the molecule is CC(C)N=C(C(C)CC=O)N(C)N. The Bertz CT molecular complexity index is 187. The van der Waals surface area contributed by atoms with E-state index < -0.39 is 0 Å². The van der Waals surface area contributed by atoms with Gasteiger partial charge >= 0.3 is 0 Å². The molecule has 13 heavy (non-hydrogen) atoms. The molecule has 76 valence electrons. The number of rotatable bonds is 4. The number of carbonyl (C=O) groups excluding carboxylic acids is 1. The smallest absolute Gasteiger partial charge is 0.120 e. The van der Waals surface area contributed by atoms with Crippen LogP contribution in [0.15, 0.2) is 4.99 Å². The maximum absolute atomic E-state index is 10.3. The van der Waals surface area contributed by atoms with E-state index in [0.717, 1.165) is 12.1 Å². The second-order valence-corrected chi connectivity index (χ2v) is 3.50. The highest BCUT2D eigenvalue weighted by molar-refractivity contribution is 5.85. The molecule has 1 atom stereocenters. The number of carbonyl (C=O) groups is 1. The fourth-order valence-corrected chi connectivity index (χ4v) is 1.08. The van der Waals surface area contributed by atoms with E-state index in [4.69, 9.17) is 5.84 Å². The molecule has 4 heteroatoms. The summed E-state index contributed by atoms with van der Waals surface area (Å²) in [7, 11) is 1.74. The van der Waals surface area contributed by atoms with Gasteiger partial charge in [0.05, 0.1) is 0 Å². The number of aldehydes is 1. The van der Waals surface area contributed by atoms with E-state index >= 15 is 0 Å². The van der Waals surface area contributed by atoms with Crippen LogP contribution in [0, 0.1) is 5.92 Å². The van der Waals surface area contributed by atoms with Gasteiger partial charge in [-0.1, -0.05) is 6.92 Å². The third-order valence-corrected chi connectivity index (χ3v) is 1.64. The molecule has 0 fully saturated rings. The van der Waals surface area contributed by atoms with Crippen LogP contribution in [-0.4, -0.2) is 30.2 Å². The Balaban J connectivity index is 4.50. The molecule has 0 saturated heterocycles. The second kappa shape index (κ2) is 5.70. The maximum atomic E-state index is 10.3. The lowest BCUT2D eigenvalue weighted by Crippen LogP contribution is -2.38. The highest BCUT2D eigenvalue weighted by Crippen LogP contribution is 2.05. The third-order valence-electron chi connectivity index (χ3n) is 1.64. The normalized spacial score (nSPS) is 14.5. The van der Waals surface area contributed by atoms with Gasteiger partial charge in [-0.2, -0.15) is 0 Å². The molecule has 0 heterocycles. The van der Waals surface area contributed by atoms with Crippen molar-refractivity contribution in [2.75, 3.05) is 7.05 Å².